The van der Waals surface area contributed by atoms with E-state index in [-0.39, 0.29) is 42.7 Å². The lowest BCUT2D eigenvalue weighted by atomic mass is 9.98. The maximum absolute atomic E-state index is 13.2. The number of urea groups is 1. The lowest BCUT2D eigenvalue weighted by Gasteiger charge is -2.20. The normalized spacial score (nSPS) is 18.3. The fourth-order valence-corrected chi connectivity index (χ4v) is 4.68. The number of hydrogen-bond donors (Lipinski definition) is 2. The van der Waals surface area contributed by atoms with Gasteiger partial charge in [-0.15, -0.1) is 0 Å². The van der Waals surface area contributed by atoms with E-state index in [1.165, 1.54) is 17.0 Å². The predicted molar refractivity (Wildman–Crippen MR) is 115 cm³/mol. The third kappa shape index (κ3) is 4.11. The summed E-state index contributed by atoms with van der Waals surface area (Å²) < 4.78 is 14.9. The second kappa shape index (κ2) is 8.72. The number of carbonyl (C=O) groups excluding carboxylic acids is 3. The molecule has 1 aliphatic carbocycles. The summed E-state index contributed by atoms with van der Waals surface area (Å²) in [7, 11) is 0. The van der Waals surface area contributed by atoms with Crippen molar-refractivity contribution in [1.82, 2.24) is 25.3 Å². The molecule has 1 aromatic carbocycles. The van der Waals surface area contributed by atoms with Gasteiger partial charge in [-0.05, 0) is 57.4 Å². The molecule has 1 saturated heterocycles. The highest BCUT2D eigenvalue weighted by Crippen LogP contribution is 2.35. The molecule has 2 heterocycles. The zero-order valence-electron chi connectivity index (χ0n) is 18.4. The third-order valence-corrected chi connectivity index (χ3v) is 6.45. The Balaban J connectivity index is 1.30. The number of amides is 4. The van der Waals surface area contributed by atoms with E-state index in [0.717, 1.165) is 29.8 Å². The van der Waals surface area contributed by atoms with Crippen LogP contribution in [0, 0.1) is 12.7 Å². The first-order valence-corrected chi connectivity index (χ1v) is 11.0. The minimum atomic E-state index is -0.712. The van der Waals surface area contributed by atoms with Crippen molar-refractivity contribution < 1.29 is 18.8 Å². The SMILES string of the molecule is Cc1c(C(C)NC(=O)CCCN2C(=O)NC3(CCCC3)C2=O)cnn1-c1ccc(F)cc1. The Labute approximate surface area is 186 Å². The van der Waals surface area contributed by atoms with Crippen LogP contribution in [0.3, 0.4) is 0 Å². The first-order chi connectivity index (χ1) is 15.3. The van der Waals surface area contributed by atoms with Crippen molar-refractivity contribution in [3.63, 3.8) is 0 Å². The number of carbonyl (C=O) groups is 3. The Bertz CT molecular complexity index is 1030. The minimum absolute atomic E-state index is 0.155. The molecule has 1 saturated carbocycles. The fraction of sp³-hybridized carbons (Fsp3) is 0.478. The summed E-state index contributed by atoms with van der Waals surface area (Å²) in [4.78, 5) is 38.6. The second-order valence-electron chi connectivity index (χ2n) is 8.64. The van der Waals surface area contributed by atoms with Gasteiger partial charge in [0, 0.05) is 24.2 Å². The van der Waals surface area contributed by atoms with E-state index in [1.807, 2.05) is 13.8 Å². The number of nitrogens with zero attached hydrogens (tertiary/aromatic N) is 3. The Hall–Kier alpha value is -3.23. The van der Waals surface area contributed by atoms with Crippen LogP contribution < -0.4 is 10.6 Å². The van der Waals surface area contributed by atoms with Gasteiger partial charge in [0.1, 0.15) is 11.4 Å². The smallest absolute Gasteiger partial charge is 0.325 e. The summed E-state index contributed by atoms with van der Waals surface area (Å²) in [6, 6.07) is 5.43. The average Bonchev–Trinajstić information content (AvgIpc) is 3.44. The Morgan fingerprint density at radius 3 is 2.62 bits per heavy atom. The number of nitrogens with one attached hydrogen (secondary N) is 2. The summed E-state index contributed by atoms with van der Waals surface area (Å²) in [6.07, 6.45) is 5.57. The van der Waals surface area contributed by atoms with Crippen LogP contribution in [0.4, 0.5) is 9.18 Å². The van der Waals surface area contributed by atoms with Gasteiger partial charge >= 0.3 is 6.03 Å². The first-order valence-electron chi connectivity index (χ1n) is 11.0. The third-order valence-electron chi connectivity index (χ3n) is 6.45. The van der Waals surface area contributed by atoms with Gasteiger partial charge in [0.25, 0.3) is 5.91 Å². The summed E-state index contributed by atoms with van der Waals surface area (Å²) in [5.74, 6) is -0.627. The van der Waals surface area contributed by atoms with E-state index >= 15 is 0 Å². The number of halogens is 1. The largest absolute Gasteiger partial charge is 0.349 e. The van der Waals surface area contributed by atoms with Crippen molar-refractivity contribution in [2.45, 2.75) is 64.0 Å². The monoisotopic (exact) mass is 441 g/mol. The molecule has 2 N–H and O–H groups in total. The first kappa shape index (κ1) is 22.0. The Kier molecular flexibility index (Phi) is 5.99. The van der Waals surface area contributed by atoms with Gasteiger partial charge in [-0.25, -0.2) is 13.9 Å². The molecule has 1 unspecified atom stereocenters. The zero-order chi connectivity index (χ0) is 22.9. The lowest BCUT2D eigenvalue weighted by Crippen LogP contribution is -2.44. The van der Waals surface area contributed by atoms with Gasteiger partial charge in [-0.1, -0.05) is 12.8 Å². The van der Waals surface area contributed by atoms with Gasteiger partial charge in [-0.2, -0.15) is 5.10 Å². The zero-order valence-corrected chi connectivity index (χ0v) is 18.4. The number of aromatic nitrogens is 2. The van der Waals surface area contributed by atoms with E-state index in [1.54, 1.807) is 23.0 Å². The molecule has 9 heteroatoms. The van der Waals surface area contributed by atoms with Gasteiger partial charge in [0.15, 0.2) is 0 Å². The highest BCUT2D eigenvalue weighted by atomic mass is 19.1. The fourth-order valence-electron chi connectivity index (χ4n) is 4.68. The van der Waals surface area contributed by atoms with E-state index in [0.29, 0.717) is 19.3 Å². The maximum Gasteiger partial charge on any atom is 0.325 e. The molecular weight excluding hydrogens is 413 g/mol. The summed E-state index contributed by atoms with van der Waals surface area (Å²) in [5.41, 5.74) is 1.74. The maximum atomic E-state index is 13.2. The van der Waals surface area contributed by atoms with E-state index in [9.17, 15) is 18.8 Å². The molecule has 0 radical (unpaired) electrons. The van der Waals surface area contributed by atoms with Crippen LogP contribution in [-0.4, -0.2) is 44.6 Å². The van der Waals surface area contributed by atoms with Gasteiger partial charge in [0.2, 0.25) is 5.91 Å². The number of benzene rings is 1. The van der Waals surface area contributed by atoms with Gasteiger partial charge in [0.05, 0.1) is 17.9 Å². The van der Waals surface area contributed by atoms with E-state index in [4.69, 9.17) is 0 Å². The minimum Gasteiger partial charge on any atom is -0.349 e. The number of imide groups is 1. The van der Waals surface area contributed by atoms with Crippen molar-refractivity contribution in [1.29, 1.82) is 0 Å². The van der Waals surface area contributed by atoms with E-state index < -0.39 is 5.54 Å². The predicted octanol–water partition coefficient (Wildman–Crippen LogP) is 3.14. The quantitative estimate of drug-likeness (QED) is 0.645. The Morgan fingerprint density at radius 2 is 1.94 bits per heavy atom. The summed E-state index contributed by atoms with van der Waals surface area (Å²) >= 11 is 0. The summed E-state index contributed by atoms with van der Waals surface area (Å²) in [6.45, 7) is 4.00. The van der Waals surface area contributed by atoms with Crippen LogP contribution in [0.1, 0.15) is 62.7 Å². The molecule has 2 aliphatic rings. The molecule has 170 valence electrons. The van der Waals surface area contributed by atoms with Gasteiger partial charge in [-0.3, -0.25) is 14.5 Å². The van der Waals surface area contributed by atoms with Crippen molar-refractivity contribution in [2.75, 3.05) is 6.54 Å². The molecule has 2 aromatic rings. The standard InChI is InChI=1S/C23H28FN5O3/c1-15(19-14-25-29(16(19)2)18-9-7-17(24)8-10-18)26-20(30)6-5-13-28-21(31)23(27-22(28)32)11-3-4-12-23/h7-10,14-15H,3-6,11-13H2,1-2H3,(H,26,30)(H,27,32). The van der Waals surface area contributed by atoms with Crippen LogP contribution in [0.5, 0.6) is 0 Å². The van der Waals surface area contributed by atoms with Crippen molar-refractivity contribution in [2.24, 2.45) is 0 Å². The van der Waals surface area contributed by atoms with Crippen LogP contribution in [-0.2, 0) is 9.59 Å². The molecule has 1 aromatic heterocycles. The highest BCUT2D eigenvalue weighted by molar-refractivity contribution is 6.07. The Morgan fingerprint density at radius 1 is 1.25 bits per heavy atom. The topological polar surface area (TPSA) is 96.3 Å². The average molecular weight is 442 g/mol. The van der Waals surface area contributed by atoms with Gasteiger partial charge < -0.3 is 10.6 Å². The van der Waals surface area contributed by atoms with Crippen LogP contribution >= 0.6 is 0 Å². The highest BCUT2D eigenvalue weighted by Gasteiger charge is 2.52. The molecule has 4 amide bonds. The molecule has 0 bridgehead atoms. The molecule has 8 nitrogen and oxygen atoms in total. The molecule has 1 spiro atoms. The molecule has 32 heavy (non-hydrogen) atoms. The van der Waals surface area contributed by atoms with Crippen LogP contribution in [0.15, 0.2) is 30.5 Å². The van der Waals surface area contributed by atoms with Crippen molar-refractivity contribution in [3.05, 3.63) is 47.5 Å². The molecule has 1 aliphatic heterocycles. The molecule has 2 fully saturated rings. The number of hydrogen-bond acceptors (Lipinski definition) is 4. The molecular formula is C23H28FN5O3. The van der Waals surface area contributed by atoms with Crippen molar-refractivity contribution >= 4 is 17.8 Å². The molecule has 1 atom stereocenters. The summed E-state index contributed by atoms with van der Waals surface area (Å²) in [5, 5.41) is 10.2. The lowest BCUT2D eigenvalue weighted by molar-refractivity contribution is -0.131. The van der Waals surface area contributed by atoms with Crippen LogP contribution in [0.2, 0.25) is 0 Å². The van der Waals surface area contributed by atoms with E-state index in [2.05, 4.69) is 15.7 Å². The number of rotatable bonds is 7. The second-order valence-corrected chi connectivity index (χ2v) is 8.64. The van der Waals surface area contributed by atoms with Crippen LogP contribution in [0.25, 0.3) is 5.69 Å². The molecule has 4 rings (SSSR count). The van der Waals surface area contributed by atoms with Crippen molar-refractivity contribution in [3.8, 4) is 5.69 Å².